The number of halogens is 1. The molecule has 0 aromatic heterocycles. The third-order valence-corrected chi connectivity index (χ3v) is 4.71. The normalized spacial score (nSPS) is 16.4. The van der Waals surface area contributed by atoms with Gasteiger partial charge in [0.2, 0.25) is 0 Å². The largest absolute Gasteiger partial charge is 0.371 e. The Morgan fingerprint density at radius 1 is 1.00 bits per heavy atom. The Kier molecular flexibility index (Phi) is 4.11. The summed E-state index contributed by atoms with van der Waals surface area (Å²) in [5.74, 6) is 0.703. The van der Waals surface area contributed by atoms with Crippen LogP contribution in [-0.2, 0) is 0 Å². The molecule has 0 amide bonds. The summed E-state index contributed by atoms with van der Waals surface area (Å²) in [4.78, 5) is 2.51. The van der Waals surface area contributed by atoms with Crippen LogP contribution in [-0.4, -0.2) is 13.1 Å². The van der Waals surface area contributed by atoms with Gasteiger partial charge >= 0.3 is 0 Å². The molecule has 0 unspecified atom stereocenters. The van der Waals surface area contributed by atoms with E-state index in [9.17, 15) is 0 Å². The van der Waals surface area contributed by atoms with E-state index in [2.05, 4.69) is 76.3 Å². The van der Waals surface area contributed by atoms with Gasteiger partial charge in [-0.05, 0) is 55.5 Å². The molecule has 0 atom stereocenters. The van der Waals surface area contributed by atoms with Gasteiger partial charge in [-0.15, -0.1) is 0 Å². The lowest BCUT2D eigenvalue weighted by Crippen LogP contribution is -2.32. The molecule has 104 valence electrons. The van der Waals surface area contributed by atoms with Crippen molar-refractivity contribution in [2.75, 3.05) is 18.0 Å². The van der Waals surface area contributed by atoms with E-state index in [1.165, 1.54) is 34.1 Å². The summed E-state index contributed by atoms with van der Waals surface area (Å²) in [6.07, 6.45) is 2.48. The number of benzene rings is 2. The zero-order valence-electron chi connectivity index (χ0n) is 11.8. The number of piperidine rings is 1. The van der Waals surface area contributed by atoms with Gasteiger partial charge in [0.15, 0.2) is 0 Å². The lowest BCUT2D eigenvalue weighted by Gasteiger charge is -2.34. The highest BCUT2D eigenvalue weighted by atomic mass is 79.9. The SMILES string of the molecule is Cc1ccc(N2CCC(c3cccc(Br)c3)CC2)cc1. The van der Waals surface area contributed by atoms with Crippen molar-refractivity contribution in [1.29, 1.82) is 0 Å². The minimum atomic E-state index is 0.703. The molecular weight excluding hydrogens is 310 g/mol. The molecule has 1 nitrogen and oxygen atoms in total. The average molecular weight is 330 g/mol. The van der Waals surface area contributed by atoms with Crippen LogP contribution >= 0.6 is 15.9 Å². The van der Waals surface area contributed by atoms with Crippen LogP contribution in [0.25, 0.3) is 0 Å². The van der Waals surface area contributed by atoms with Gasteiger partial charge in [-0.1, -0.05) is 45.8 Å². The van der Waals surface area contributed by atoms with Gasteiger partial charge in [0, 0.05) is 23.2 Å². The van der Waals surface area contributed by atoms with Crippen LogP contribution < -0.4 is 4.90 Å². The van der Waals surface area contributed by atoms with Gasteiger partial charge in [0.25, 0.3) is 0 Å². The van der Waals surface area contributed by atoms with Crippen LogP contribution in [0.4, 0.5) is 5.69 Å². The molecule has 2 aromatic rings. The first kappa shape index (κ1) is 13.7. The summed E-state index contributed by atoms with van der Waals surface area (Å²) in [5.41, 5.74) is 4.17. The van der Waals surface area contributed by atoms with Gasteiger partial charge in [-0.2, -0.15) is 0 Å². The van der Waals surface area contributed by atoms with Gasteiger partial charge in [0.05, 0.1) is 0 Å². The Morgan fingerprint density at radius 2 is 1.70 bits per heavy atom. The maximum atomic E-state index is 3.57. The van der Waals surface area contributed by atoms with Crippen molar-refractivity contribution < 1.29 is 0 Å². The molecular formula is C18H20BrN. The van der Waals surface area contributed by atoms with E-state index in [1.807, 2.05) is 0 Å². The Morgan fingerprint density at radius 3 is 2.35 bits per heavy atom. The summed E-state index contributed by atoms with van der Waals surface area (Å²) in [6.45, 7) is 4.45. The van der Waals surface area contributed by atoms with E-state index in [0.29, 0.717) is 5.92 Å². The zero-order valence-corrected chi connectivity index (χ0v) is 13.4. The molecule has 3 rings (SSSR count). The predicted molar refractivity (Wildman–Crippen MR) is 89.5 cm³/mol. The average Bonchev–Trinajstić information content (AvgIpc) is 2.48. The van der Waals surface area contributed by atoms with Gasteiger partial charge in [0.1, 0.15) is 0 Å². The topological polar surface area (TPSA) is 3.24 Å². The molecule has 1 saturated heterocycles. The highest BCUT2D eigenvalue weighted by Gasteiger charge is 2.20. The zero-order chi connectivity index (χ0) is 13.9. The highest BCUT2D eigenvalue weighted by Crippen LogP contribution is 2.31. The van der Waals surface area contributed by atoms with Crippen molar-refractivity contribution in [2.45, 2.75) is 25.7 Å². The quantitative estimate of drug-likeness (QED) is 0.737. The molecule has 2 heteroatoms. The monoisotopic (exact) mass is 329 g/mol. The molecule has 0 N–H and O–H groups in total. The Balaban J connectivity index is 1.66. The predicted octanol–water partition coefficient (Wildman–Crippen LogP) is 5.14. The summed E-state index contributed by atoms with van der Waals surface area (Å²) in [7, 11) is 0. The van der Waals surface area contributed by atoms with E-state index in [4.69, 9.17) is 0 Å². The summed E-state index contributed by atoms with van der Waals surface area (Å²) < 4.78 is 1.19. The number of aryl methyl sites for hydroxylation is 1. The number of hydrogen-bond donors (Lipinski definition) is 0. The molecule has 0 saturated carbocycles. The van der Waals surface area contributed by atoms with Crippen LogP contribution in [0.5, 0.6) is 0 Å². The van der Waals surface area contributed by atoms with E-state index in [1.54, 1.807) is 0 Å². The van der Waals surface area contributed by atoms with Crippen LogP contribution in [0.3, 0.4) is 0 Å². The second-order valence-electron chi connectivity index (χ2n) is 5.65. The molecule has 1 heterocycles. The Hall–Kier alpha value is -1.28. The number of hydrogen-bond acceptors (Lipinski definition) is 1. The van der Waals surface area contributed by atoms with Crippen molar-refractivity contribution >= 4 is 21.6 Å². The third-order valence-electron chi connectivity index (χ3n) is 4.21. The molecule has 0 radical (unpaired) electrons. The number of nitrogens with zero attached hydrogens (tertiary/aromatic N) is 1. The Bertz CT molecular complexity index is 568. The lowest BCUT2D eigenvalue weighted by atomic mass is 9.89. The van der Waals surface area contributed by atoms with Crippen LogP contribution in [0.1, 0.15) is 29.9 Å². The van der Waals surface area contributed by atoms with E-state index < -0.39 is 0 Å². The number of anilines is 1. The summed E-state index contributed by atoms with van der Waals surface area (Å²) >= 11 is 3.57. The van der Waals surface area contributed by atoms with Crippen molar-refractivity contribution in [1.82, 2.24) is 0 Å². The standard InChI is InChI=1S/C18H20BrN/c1-14-5-7-18(8-6-14)20-11-9-15(10-12-20)16-3-2-4-17(19)13-16/h2-8,13,15H,9-12H2,1H3. The van der Waals surface area contributed by atoms with Crippen LogP contribution in [0.2, 0.25) is 0 Å². The second kappa shape index (κ2) is 6.01. The molecule has 0 spiro atoms. The molecule has 2 aromatic carbocycles. The van der Waals surface area contributed by atoms with Gasteiger partial charge in [-0.3, -0.25) is 0 Å². The van der Waals surface area contributed by atoms with Crippen molar-refractivity contribution in [3.8, 4) is 0 Å². The fourth-order valence-corrected chi connectivity index (χ4v) is 3.40. The molecule has 20 heavy (non-hydrogen) atoms. The minimum absolute atomic E-state index is 0.703. The van der Waals surface area contributed by atoms with Crippen molar-refractivity contribution in [2.24, 2.45) is 0 Å². The van der Waals surface area contributed by atoms with Crippen molar-refractivity contribution in [3.05, 3.63) is 64.1 Å². The molecule has 0 bridgehead atoms. The van der Waals surface area contributed by atoms with Crippen molar-refractivity contribution in [3.63, 3.8) is 0 Å². The van der Waals surface area contributed by atoms with Crippen LogP contribution in [0, 0.1) is 6.92 Å². The molecule has 1 aliphatic rings. The van der Waals surface area contributed by atoms with Crippen LogP contribution in [0.15, 0.2) is 53.0 Å². The van der Waals surface area contributed by atoms with Gasteiger partial charge < -0.3 is 4.90 Å². The number of rotatable bonds is 2. The maximum Gasteiger partial charge on any atom is 0.0366 e. The molecule has 1 fully saturated rings. The fraction of sp³-hybridized carbons (Fsp3) is 0.333. The first-order valence-corrected chi connectivity index (χ1v) is 8.09. The van der Waals surface area contributed by atoms with Gasteiger partial charge in [-0.25, -0.2) is 0 Å². The minimum Gasteiger partial charge on any atom is -0.371 e. The molecule has 1 aliphatic heterocycles. The van der Waals surface area contributed by atoms with E-state index >= 15 is 0 Å². The maximum absolute atomic E-state index is 3.57. The molecule has 0 aliphatic carbocycles. The first-order chi connectivity index (χ1) is 9.72. The Labute approximate surface area is 129 Å². The van der Waals surface area contributed by atoms with E-state index in [0.717, 1.165) is 13.1 Å². The third kappa shape index (κ3) is 3.06. The smallest absolute Gasteiger partial charge is 0.0366 e. The second-order valence-corrected chi connectivity index (χ2v) is 6.57. The van der Waals surface area contributed by atoms with E-state index in [-0.39, 0.29) is 0 Å². The fourth-order valence-electron chi connectivity index (χ4n) is 2.99. The first-order valence-electron chi connectivity index (χ1n) is 7.29. The summed E-state index contributed by atoms with van der Waals surface area (Å²) in [6, 6.07) is 17.7. The lowest BCUT2D eigenvalue weighted by molar-refractivity contribution is 0.505. The highest BCUT2D eigenvalue weighted by molar-refractivity contribution is 9.10. The summed E-state index contributed by atoms with van der Waals surface area (Å²) in [5, 5.41) is 0.